The largest absolute Gasteiger partial charge is 0.419 e. The van der Waals surface area contributed by atoms with Crippen molar-refractivity contribution in [3.63, 3.8) is 0 Å². The van der Waals surface area contributed by atoms with Crippen LogP contribution < -0.4 is 11.1 Å². The van der Waals surface area contributed by atoms with Gasteiger partial charge in [-0.2, -0.15) is 13.2 Å². The van der Waals surface area contributed by atoms with E-state index in [0.717, 1.165) is 29.9 Å². The van der Waals surface area contributed by atoms with E-state index in [2.05, 4.69) is 25.4 Å². The van der Waals surface area contributed by atoms with Crippen LogP contribution in [0.3, 0.4) is 0 Å². The quantitative estimate of drug-likeness (QED) is 0.376. The number of hydrogen-bond donors (Lipinski definition) is 3. The van der Waals surface area contributed by atoms with Crippen molar-refractivity contribution >= 4 is 16.9 Å². The zero-order valence-corrected chi connectivity index (χ0v) is 19.7. The Kier molecular flexibility index (Phi) is 7.08. The van der Waals surface area contributed by atoms with Crippen molar-refractivity contribution < 1.29 is 22.4 Å². The first kappa shape index (κ1) is 24.7. The van der Waals surface area contributed by atoms with Crippen molar-refractivity contribution in [1.82, 2.24) is 25.4 Å². The molecule has 4 N–H and O–H groups in total. The number of benzene rings is 1. The standard InChI is InChI=1S/C18H14F3N5O.C6H13NO/c1-8-15(9(2)27-26-8)10-3-4-11-12(6-23-14(11)5-10)16-13(18(19,20)21)7-24-17(22)25-16;1-8-6-2-4-7-5-3-6/h3-7,23H,1-2H3,(H2,22,24,25);6-7H,2-5H2,1H3. The lowest BCUT2D eigenvalue weighted by Crippen LogP contribution is -2.31. The Morgan fingerprint density at radius 3 is 2.51 bits per heavy atom. The van der Waals surface area contributed by atoms with E-state index in [1.165, 1.54) is 19.0 Å². The second kappa shape index (κ2) is 10.0. The van der Waals surface area contributed by atoms with Gasteiger partial charge in [0.25, 0.3) is 0 Å². The van der Waals surface area contributed by atoms with Crippen molar-refractivity contribution in [2.75, 3.05) is 25.9 Å². The molecule has 0 aliphatic carbocycles. The summed E-state index contributed by atoms with van der Waals surface area (Å²) >= 11 is 0. The highest BCUT2D eigenvalue weighted by atomic mass is 19.4. The number of nitrogens with one attached hydrogen (secondary N) is 2. The Balaban J connectivity index is 0.000000308. The summed E-state index contributed by atoms with van der Waals surface area (Å²) in [6.45, 7) is 5.88. The first-order valence-corrected chi connectivity index (χ1v) is 11.2. The van der Waals surface area contributed by atoms with Crippen LogP contribution in [0.5, 0.6) is 0 Å². The SMILES string of the molecule is COC1CCNCC1.Cc1noc(C)c1-c1ccc2c(-c3nc(N)ncc3C(F)(F)F)c[nH]c2c1. The summed E-state index contributed by atoms with van der Waals surface area (Å²) in [4.78, 5) is 10.3. The molecule has 5 rings (SSSR count). The number of piperidine rings is 1. The van der Waals surface area contributed by atoms with E-state index in [9.17, 15) is 13.2 Å². The average Bonchev–Trinajstić information content (AvgIpc) is 3.41. The third-order valence-electron chi connectivity index (χ3n) is 5.99. The zero-order chi connectivity index (χ0) is 25.2. The summed E-state index contributed by atoms with van der Waals surface area (Å²) < 4.78 is 50.4. The molecule has 4 heterocycles. The monoisotopic (exact) mass is 488 g/mol. The van der Waals surface area contributed by atoms with Crippen LogP contribution in [0.15, 0.2) is 35.1 Å². The van der Waals surface area contributed by atoms with E-state index >= 15 is 0 Å². The number of nitrogen functional groups attached to an aromatic ring is 1. The van der Waals surface area contributed by atoms with Crippen molar-refractivity contribution in [1.29, 1.82) is 0 Å². The Morgan fingerprint density at radius 2 is 1.91 bits per heavy atom. The Labute approximate surface area is 200 Å². The van der Waals surface area contributed by atoms with Gasteiger partial charge in [0.2, 0.25) is 5.95 Å². The van der Waals surface area contributed by atoms with Gasteiger partial charge >= 0.3 is 6.18 Å². The summed E-state index contributed by atoms with van der Waals surface area (Å²) in [6, 6.07) is 5.38. The highest BCUT2D eigenvalue weighted by Gasteiger charge is 2.36. The number of H-pyrrole nitrogens is 1. The molecule has 0 amide bonds. The number of aromatic nitrogens is 4. The van der Waals surface area contributed by atoms with Crippen molar-refractivity contribution in [2.24, 2.45) is 0 Å². The number of hydrogen-bond acceptors (Lipinski definition) is 7. The van der Waals surface area contributed by atoms with E-state index in [0.29, 0.717) is 34.5 Å². The van der Waals surface area contributed by atoms with Gasteiger partial charge in [0.05, 0.1) is 17.5 Å². The molecule has 0 bridgehead atoms. The second-order valence-electron chi connectivity index (χ2n) is 8.34. The van der Waals surface area contributed by atoms with Gasteiger partial charge in [-0.15, -0.1) is 0 Å². The summed E-state index contributed by atoms with van der Waals surface area (Å²) in [5.74, 6) is 0.446. The van der Waals surface area contributed by atoms with E-state index in [4.69, 9.17) is 15.0 Å². The molecule has 3 aromatic heterocycles. The Morgan fingerprint density at radius 1 is 1.17 bits per heavy atom. The van der Waals surface area contributed by atoms with Crippen LogP contribution in [0.4, 0.5) is 19.1 Å². The summed E-state index contributed by atoms with van der Waals surface area (Å²) in [5, 5.41) is 7.79. The molecule has 35 heavy (non-hydrogen) atoms. The molecule has 1 aliphatic heterocycles. The number of aryl methyl sites for hydroxylation is 2. The molecule has 0 spiro atoms. The lowest BCUT2D eigenvalue weighted by atomic mass is 10.0. The first-order chi connectivity index (χ1) is 16.7. The maximum Gasteiger partial charge on any atom is 0.419 e. The normalized spacial score (nSPS) is 14.7. The van der Waals surface area contributed by atoms with E-state index in [1.807, 2.05) is 19.1 Å². The van der Waals surface area contributed by atoms with Gasteiger partial charge in [0.1, 0.15) is 11.3 Å². The minimum Gasteiger partial charge on any atom is -0.381 e. The summed E-state index contributed by atoms with van der Waals surface area (Å²) in [5.41, 5.74) is 7.74. The number of ether oxygens (including phenoxy) is 1. The van der Waals surface area contributed by atoms with Crippen LogP contribution in [0.1, 0.15) is 29.9 Å². The summed E-state index contributed by atoms with van der Waals surface area (Å²) in [6.07, 6.45) is 0.472. The molecule has 1 aliphatic rings. The van der Waals surface area contributed by atoms with E-state index < -0.39 is 11.7 Å². The van der Waals surface area contributed by atoms with Gasteiger partial charge in [-0.05, 0) is 51.4 Å². The number of halogens is 3. The third kappa shape index (κ3) is 5.30. The van der Waals surface area contributed by atoms with Crippen LogP contribution in [-0.2, 0) is 10.9 Å². The number of nitrogens with zero attached hydrogens (tertiary/aromatic N) is 3. The molecule has 1 aromatic carbocycles. The van der Waals surface area contributed by atoms with Gasteiger partial charge in [0.15, 0.2) is 0 Å². The van der Waals surface area contributed by atoms with Crippen molar-refractivity contribution in [2.45, 2.75) is 39.0 Å². The van der Waals surface area contributed by atoms with E-state index in [-0.39, 0.29) is 11.6 Å². The smallest absolute Gasteiger partial charge is 0.381 e. The molecule has 186 valence electrons. The number of alkyl halides is 3. The molecule has 0 atom stereocenters. The molecule has 0 radical (unpaired) electrons. The van der Waals surface area contributed by atoms with Crippen LogP contribution in [0.25, 0.3) is 33.3 Å². The predicted octanol–water partition coefficient (Wildman–Crippen LogP) is 4.88. The fourth-order valence-electron chi connectivity index (χ4n) is 4.21. The Bertz CT molecular complexity index is 1290. The summed E-state index contributed by atoms with van der Waals surface area (Å²) in [7, 11) is 1.79. The molecular formula is C24H27F3N6O2. The van der Waals surface area contributed by atoms with Crippen LogP contribution in [0, 0.1) is 13.8 Å². The second-order valence-corrected chi connectivity index (χ2v) is 8.34. The van der Waals surface area contributed by atoms with Crippen LogP contribution in [-0.4, -0.2) is 46.4 Å². The number of rotatable bonds is 3. The van der Waals surface area contributed by atoms with Crippen LogP contribution >= 0.6 is 0 Å². The predicted molar refractivity (Wildman–Crippen MR) is 127 cm³/mol. The third-order valence-corrected chi connectivity index (χ3v) is 5.99. The van der Waals surface area contributed by atoms with Crippen molar-refractivity contribution in [3.8, 4) is 22.4 Å². The topological polar surface area (TPSA) is 115 Å². The molecule has 0 unspecified atom stereocenters. The minimum absolute atomic E-state index is 0.223. The first-order valence-electron chi connectivity index (χ1n) is 11.2. The molecular weight excluding hydrogens is 461 g/mol. The molecule has 4 aromatic rings. The number of anilines is 1. The van der Waals surface area contributed by atoms with Gasteiger partial charge in [0, 0.05) is 41.5 Å². The fraction of sp³-hybridized carbons (Fsp3) is 0.375. The molecule has 0 saturated carbocycles. The van der Waals surface area contributed by atoms with Gasteiger partial charge in [-0.3, -0.25) is 0 Å². The molecule has 1 saturated heterocycles. The maximum atomic E-state index is 13.4. The highest BCUT2D eigenvalue weighted by molar-refractivity contribution is 5.97. The maximum absolute atomic E-state index is 13.4. The van der Waals surface area contributed by atoms with Crippen LogP contribution in [0.2, 0.25) is 0 Å². The Hall–Kier alpha value is -3.44. The molecule has 8 nitrogen and oxygen atoms in total. The van der Waals surface area contributed by atoms with Gasteiger partial charge < -0.3 is 25.3 Å². The average molecular weight is 489 g/mol. The lowest BCUT2D eigenvalue weighted by Gasteiger charge is -2.20. The number of fused-ring (bicyclic) bond motifs is 1. The number of aromatic amines is 1. The minimum atomic E-state index is -4.59. The highest BCUT2D eigenvalue weighted by Crippen LogP contribution is 2.39. The van der Waals surface area contributed by atoms with Gasteiger partial charge in [-0.1, -0.05) is 17.3 Å². The number of methoxy groups -OCH3 is 1. The van der Waals surface area contributed by atoms with Crippen molar-refractivity contribution in [3.05, 3.63) is 47.6 Å². The molecule has 11 heteroatoms. The lowest BCUT2D eigenvalue weighted by molar-refractivity contribution is -0.137. The zero-order valence-electron chi connectivity index (χ0n) is 19.7. The van der Waals surface area contributed by atoms with Gasteiger partial charge in [-0.25, -0.2) is 9.97 Å². The fourth-order valence-corrected chi connectivity index (χ4v) is 4.21. The van der Waals surface area contributed by atoms with E-state index in [1.54, 1.807) is 20.1 Å². The molecule has 1 fully saturated rings. The number of nitrogens with two attached hydrogens (primary N) is 1.